The average molecular weight is 259 g/mol. The lowest BCUT2D eigenvalue weighted by molar-refractivity contribution is 0.174. The fourth-order valence-electron chi connectivity index (χ4n) is 2.15. The van der Waals surface area contributed by atoms with Gasteiger partial charge in [0, 0.05) is 25.5 Å². The van der Waals surface area contributed by atoms with Crippen molar-refractivity contribution in [1.29, 1.82) is 0 Å². The lowest BCUT2D eigenvalue weighted by Crippen LogP contribution is -2.44. The summed E-state index contributed by atoms with van der Waals surface area (Å²) in [6.45, 7) is 5.70. The van der Waals surface area contributed by atoms with Crippen LogP contribution in [-0.2, 0) is 12.1 Å². The zero-order chi connectivity index (χ0) is 13.7. The van der Waals surface area contributed by atoms with Crippen molar-refractivity contribution in [2.75, 3.05) is 13.2 Å². The molecule has 0 aliphatic carbocycles. The van der Waals surface area contributed by atoms with E-state index in [1.807, 2.05) is 50.4 Å². The quantitative estimate of drug-likeness (QED) is 0.830. The first-order valence-electron chi connectivity index (χ1n) is 6.55. The molecule has 0 saturated heterocycles. The van der Waals surface area contributed by atoms with Crippen LogP contribution in [0.4, 0.5) is 0 Å². The van der Waals surface area contributed by atoms with E-state index in [-0.39, 0.29) is 6.61 Å². The Morgan fingerprint density at radius 1 is 1.32 bits per heavy atom. The zero-order valence-electron chi connectivity index (χ0n) is 11.5. The molecule has 102 valence electrons. The molecule has 1 aromatic carbocycles. The van der Waals surface area contributed by atoms with Gasteiger partial charge in [-0.3, -0.25) is 0 Å². The Labute approximate surface area is 114 Å². The van der Waals surface area contributed by atoms with Crippen LogP contribution in [-0.4, -0.2) is 27.8 Å². The number of rotatable bonds is 6. The Hall–Kier alpha value is -1.65. The molecule has 0 aliphatic rings. The van der Waals surface area contributed by atoms with Gasteiger partial charge in [0.05, 0.1) is 12.1 Å². The predicted octanol–water partition coefficient (Wildman–Crippen LogP) is 1.69. The molecular weight excluding hydrogens is 238 g/mol. The summed E-state index contributed by atoms with van der Waals surface area (Å²) >= 11 is 0. The minimum absolute atomic E-state index is 0.0694. The first kappa shape index (κ1) is 13.8. The molecule has 2 N–H and O–H groups in total. The van der Waals surface area contributed by atoms with Gasteiger partial charge in [0.15, 0.2) is 0 Å². The maximum atomic E-state index is 9.67. The second-order valence-electron chi connectivity index (χ2n) is 4.95. The first-order valence-corrected chi connectivity index (χ1v) is 6.55. The van der Waals surface area contributed by atoms with E-state index in [9.17, 15) is 5.11 Å². The molecule has 0 saturated carbocycles. The lowest BCUT2D eigenvalue weighted by atomic mass is 9.93. The summed E-state index contributed by atoms with van der Waals surface area (Å²) in [6, 6.07) is 10.0. The number of hydrogen-bond donors (Lipinski definition) is 2. The Kier molecular flexibility index (Phi) is 4.35. The number of aliphatic hydroxyl groups excluding tert-OH is 1. The fourth-order valence-corrected chi connectivity index (χ4v) is 2.15. The van der Waals surface area contributed by atoms with Crippen molar-refractivity contribution in [1.82, 2.24) is 14.9 Å². The van der Waals surface area contributed by atoms with E-state index in [2.05, 4.69) is 14.9 Å². The summed E-state index contributed by atoms with van der Waals surface area (Å²) in [5, 5.41) is 13.1. The van der Waals surface area contributed by atoms with Gasteiger partial charge in [-0.25, -0.2) is 4.98 Å². The molecule has 19 heavy (non-hydrogen) atoms. The van der Waals surface area contributed by atoms with Gasteiger partial charge in [-0.1, -0.05) is 30.3 Å². The molecule has 2 aromatic rings. The van der Waals surface area contributed by atoms with Crippen molar-refractivity contribution >= 4 is 0 Å². The van der Waals surface area contributed by atoms with Gasteiger partial charge in [0.1, 0.15) is 5.82 Å². The molecule has 0 fully saturated rings. The molecule has 1 atom stereocenters. The third kappa shape index (κ3) is 3.22. The highest BCUT2D eigenvalue weighted by Crippen LogP contribution is 2.19. The standard InChI is InChI=1S/C15H21N3O/c1-13-16-8-10-18(13)11-9-17-15(2,12-19)14-6-4-3-5-7-14/h3-8,10,17,19H,9,11-12H2,1-2H3. The molecule has 0 bridgehead atoms. The maximum Gasteiger partial charge on any atom is 0.105 e. The van der Waals surface area contributed by atoms with Crippen molar-refractivity contribution in [3.05, 3.63) is 54.1 Å². The Bertz CT molecular complexity index is 509. The van der Waals surface area contributed by atoms with Gasteiger partial charge in [-0.2, -0.15) is 0 Å². The Morgan fingerprint density at radius 3 is 2.63 bits per heavy atom. The molecule has 1 unspecified atom stereocenters. The van der Waals surface area contributed by atoms with Crippen molar-refractivity contribution in [3.8, 4) is 0 Å². The van der Waals surface area contributed by atoms with Gasteiger partial charge in [0.25, 0.3) is 0 Å². The highest BCUT2D eigenvalue weighted by molar-refractivity contribution is 5.23. The minimum atomic E-state index is -0.407. The summed E-state index contributed by atoms with van der Waals surface area (Å²) in [4.78, 5) is 4.20. The highest BCUT2D eigenvalue weighted by atomic mass is 16.3. The number of hydrogen-bond acceptors (Lipinski definition) is 3. The monoisotopic (exact) mass is 259 g/mol. The highest BCUT2D eigenvalue weighted by Gasteiger charge is 2.24. The van der Waals surface area contributed by atoms with Crippen LogP contribution < -0.4 is 5.32 Å². The number of nitrogens with one attached hydrogen (secondary N) is 1. The van der Waals surface area contributed by atoms with E-state index >= 15 is 0 Å². The normalized spacial score (nSPS) is 14.3. The lowest BCUT2D eigenvalue weighted by Gasteiger charge is -2.29. The van der Waals surface area contributed by atoms with Crippen molar-refractivity contribution in [2.45, 2.75) is 25.9 Å². The molecule has 1 aromatic heterocycles. The topological polar surface area (TPSA) is 50.1 Å². The van der Waals surface area contributed by atoms with Gasteiger partial charge >= 0.3 is 0 Å². The number of nitrogens with zero attached hydrogens (tertiary/aromatic N) is 2. The van der Waals surface area contributed by atoms with Crippen LogP contribution in [0.2, 0.25) is 0 Å². The Morgan fingerprint density at radius 2 is 2.05 bits per heavy atom. The Balaban J connectivity index is 1.98. The molecule has 0 aliphatic heterocycles. The van der Waals surface area contributed by atoms with Crippen LogP contribution in [0.25, 0.3) is 0 Å². The number of aliphatic hydroxyl groups is 1. The van der Waals surface area contributed by atoms with Crippen LogP contribution in [0.1, 0.15) is 18.3 Å². The van der Waals surface area contributed by atoms with Crippen LogP contribution in [0, 0.1) is 6.92 Å². The minimum Gasteiger partial charge on any atom is -0.394 e. The summed E-state index contributed by atoms with van der Waals surface area (Å²) in [7, 11) is 0. The van der Waals surface area contributed by atoms with E-state index in [1.165, 1.54) is 0 Å². The number of aromatic nitrogens is 2. The molecule has 2 rings (SSSR count). The van der Waals surface area contributed by atoms with E-state index in [0.29, 0.717) is 0 Å². The van der Waals surface area contributed by atoms with Gasteiger partial charge in [-0.05, 0) is 19.4 Å². The third-order valence-corrected chi connectivity index (χ3v) is 3.52. The van der Waals surface area contributed by atoms with E-state index in [4.69, 9.17) is 0 Å². The van der Waals surface area contributed by atoms with Crippen molar-refractivity contribution in [2.24, 2.45) is 0 Å². The van der Waals surface area contributed by atoms with Gasteiger partial charge in [-0.15, -0.1) is 0 Å². The van der Waals surface area contributed by atoms with Crippen molar-refractivity contribution in [3.63, 3.8) is 0 Å². The van der Waals surface area contributed by atoms with E-state index in [0.717, 1.165) is 24.5 Å². The van der Waals surface area contributed by atoms with E-state index < -0.39 is 5.54 Å². The molecule has 0 amide bonds. The summed E-state index contributed by atoms with van der Waals surface area (Å²) < 4.78 is 2.09. The smallest absolute Gasteiger partial charge is 0.105 e. The van der Waals surface area contributed by atoms with Gasteiger partial charge < -0.3 is 15.0 Å². The molecule has 4 heteroatoms. The summed E-state index contributed by atoms with van der Waals surface area (Å²) in [6.07, 6.45) is 3.77. The number of imidazole rings is 1. The largest absolute Gasteiger partial charge is 0.394 e. The van der Waals surface area contributed by atoms with E-state index in [1.54, 1.807) is 6.20 Å². The average Bonchev–Trinajstić information content (AvgIpc) is 2.85. The summed E-state index contributed by atoms with van der Waals surface area (Å²) in [5.41, 5.74) is 0.690. The maximum absolute atomic E-state index is 9.67. The molecular formula is C15H21N3O. The fraction of sp³-hybridized carbons (Fsp3) is 0.400. The zero-order valence-corrected chi connectivity index (χ0v) is 11.5. The second kappa shape index (κ2) is 5.99. The molecule has 1 heterocycles. The van der Waals surface area contributed by atoms with Crippen LogP contribution in [0.15, 0.2) is 42.7 Å². The SMILES string of the molecule is Cc1nccn1CCNC(C)(CO)c1ccccc1. The molecule has 0 radical (unpaired) electrons. The number of aryl methyl sites for hydroxylation is 1. The van der Waals surface area contributed by atoms with Crippen molar-refractivity contribution < 1.29 is 5.11 Å². The van der Waals surface area contributed by atoms with Crippen LogP contribution in [0.3, 0.4) is 0 Å². The third-order valence-electron chi connectivity index (χ3n) is 3.52. The molecule has 0 spiro atoms. The molecule has 4 nitrogen and oxygen atoms in total. The summed E-state index contributed by atoms with van der Waals surface area (Å²) in [5.74, 6) is 1.01. The predicted molar refractivity (Wildman–Crippen MR) is 75.8 cm³/mol. The second-order valence-corrected chi connectivity index (χ2v) is 4.95. The van der Waals surface area contributed by atoms with Gasteiger partial charge in [0.2, 0.25) is 0 Å². The first-order chi connectivity index (χ1) is 9.15. The van der Waals surface area contributed by atoms with Crippen LogP contribution >= 0.6 is 0 Å². The van der Waals surface area contributed by atoms with Crippen LogP contribution in [0.5, 0.6) is 0 Å². The number of benzene rings is 1.